The number of carbonyl (C=O) groups excluding carboxylic acids is 1. The number of para-hydroxylation sites is 1. The van der Waals surface area contributed by atoms with E-state index in [0.717, 1.165) is 12.3 Å². The fourth-order valence-electron chi connectivity index (χ4n) is 1.90. The summed E-state index contributed by atoms with van der Waals surface area (Å²) in [6.45, 7) is 0. The van der Waals surface area contributed by atoms with Crippen molar-refractivity contribution in [2.24, 2.45) is 0 Å². The largest absolute Gasteiger partial charge is 0.422 e. The second-order valence-electron chi connectivity index (χ2n) is 4.42. The molecule has 2 aromatic heterocycles. The third-order valence-corrected chi connectivity index (χ3v) is 3.53. The summed E-state index contributed by atoms with van der Waals surface area (Å²) >= 11 is 3.09. The summed E-state index contributed by atoms with van der Waals surface area (Å²) in [7, 11) is 0. The number of hydrogen-bond acceptors (Lipinski definition) is 4. The average Bonchev–Trinajstić information content (AvgIpc) is 2.49. The Labute approximate surface area is 131 Å². The normalized spacial score (nSPS) is 10.6. The molecule has 110 valence electrons. The minimum atomic E-state index is -0.755. The molecule has 0 atom stereocenters. The number of fused-ring (bicyclic) bond motifs is 1. The molecule has 3 aromatic rings. The Morgan fingerprint density at radius 2 is 2.05 bits per heavy atom. The van der Waals surface area contributed by atoms with E-state index in [0.29, 0.717) is 11.0 Å². The van der Waals surface area contributed by atoms with Crippen molar-refractivity contribution < 1.29 is 13.6 Å². The van der Waals surface area contributed by atoms with Crippen LogP contribution in [0.1, 0.15) is 10.4 Å². The lowest BCUT2D eigenvalue weighted by Crippen LogP contribution is -2.21. The summed E-state index contributed by atoms with van der Waals surface area (Å²) in [6.07, 6.45) is 0.962. The van der Waals surface area contributed by atoms with Gasteiger partial charge in [0.05, 0.1) is 10.7 Å². The molecule has 0 bridgehead atoms. The molecule has 0 unspecified atom stereocenters. The van der Waals surface area contributed by atoms with E-state index < -0.39 is 17.3 Å². The molecule has 1 aromatic carbocycles. The summed E-state index contributed by atoms with van der Waals surface area (Å²) in [5, 5.41) is 3.06. The third kappa shape index (κ3) is 2.75. The van der Waals surface area contributed by atoms with Crippen molar-refractivity contribution in [2.75, 3.05) is 5.32 Å². The molecular formula is C15H8BrFN2O3. The Hall–Kier alpha value is -2.54. The molecule has 0 aliphatic heterocycles. The van der Waals surface area contributed by atoms with Crippen molar-refractivity contribution in [3.63, 3.8) is 0 Å². The second kappa shape index (κ2) is 5.69. The van der Waals surface area contributed by atoms with Crippen LogP contribution in [0, 0.1) is 5.82 Å². The molecule has 0 radical (unpaired) electrons. The van der Waals surface area contributed by atoms with Gasteiger partial charge in [0.15, 0.2) is 0 Å². The number of anilines is 1. The number of carbonyl (C=O) groups is 1. The van der Waals surface area contributed by atoms with Gasteiger partial charge in [-0.1, -0.05) is 18.2 Å². The van der Waals surface area contributed by atoms with Crippen LogP contribution >= 0.6 is 15.9 Å². The third-order valence-electron chi connectivity index (χ3n) is 2.93. The number of rotatable bonds is 2. The van der Waals surface area contributed by atoms with Gasteiger partial charge in [0, 0.05) is 5.39 Å². The maximum absolute atomic E-state index is 13.0. The standard InChI is InChI=1S/C15H8BrFN2O3/c16-11-6-9(17)7-18-13(11)19-14(20)10-5-8-3-1-2-4-12(8)22-15(10)21/h1-7H,(H,18,19,20). The topological polar surface area (TPSA) is 72.2 Å². The smallest absolute Gasteiger partial charge is 0.349 e. The molecule has 22 heavy (non-hydrogen) atoms. The summed E-state index contributed by atoms with van der Waals surface area (Å²) in [4.78, 5) is 27.8. The van der Waals surface area contributed by atoms with Gasteiger partial charge in [-0.25, -0.2) is 14.2 Å². The van der Waals surface area contributed by atoms with Crippen LogP contribution in [-0.4, -0.2) is 10.9 Å². The van der Waals surface area contributed by atoms with Crippen molar-refractivity contribution in [2.45, 2.75) is 0 Å². The Morgan fingerprint density at radius 3 is 2.82 bits per heavy atom. The summed E-state index contributed by atoms with van der Waals surface area (Å²) in [6, 6.07) is 9.45. The molecule has 0 saturated heterocycles. The molecule has 7 heteroatoms. The van der Waals surface area contributed by atoms with E-state index in [1.807, 2.05) is 0 Å². The van der Waals surface area contributed by atoms with Crippen molar-refractivity contribution in [1.29, 1.82) is 0 Å². The summed E-state index contributed by atoms with van der Waals surface area (Å²) in [5.74, 6) is -1.12. The second-order valence-corrected chi connectivity index (χ2v) is 5.28. The van der Waals surface area contributed by atoms with Crippen molar-refractivity contribution in [3.05, 3.63) is 68.9 Å². The van der Waals surface area contributed by atoms with Crippen LogP contribution < -0.4 is 10.9 Å². The Morgan fingerprint density at radius 1 is 1.27 bits per heavy atom. The number of hydrogen-bond donors (Lipinski definition) is 1. The Balaban J connectivity index is 1.98. The van der Waals surface area contributed by atoms with Crippen LogP contribution in [0.2, 0.25) is 0 Å². The zero-order chi connectivity index (χ0) is 15.7. The van der Waals surface area contributed by atoms with Gasteiger partial charge in [0.2, 0.25) is 0 Å². The van der Waals surface area contributed by atoms with Crippen molar-refractivity contribution in [1.82, 2.24) is 4.98 Å². The molecule has 1 amide bonds. The minimum absolute atomic E-state index is 0.110. The molecule has 0 fully saturated rings. The monoisotopic (exact) mass is 362 g/mol. The van der Waals surface area contributed by atoms with Crippen molar-refractivity contribution >= 4 is 38.6 Å². The minimum Gasteiger partial charge on any atom is -0.422 e. The van der Waals surface area contributed by atoms with Crippen LogP contribution in [0.15, 0.2) is 56.3 Å². The maximum Gasteiger partial charge on any atom is 0.349 e. The van der Waals surface area contributed by atoms with Gasteiger partial charge in [-0.2, -0.15) is 0 Å². The molecular weight excluding hydrogens is 355 g/mol. The molecule has 0 saturated carbocycles. The first kappa shape index (κ1) is 14.4. The highest BCUT2D eigenvalue weighted by Crippen LogP contribution is 2.21. The molecule has 0 aliphatic rings. The molecule has 3 rings (SSSR count). The van der Waals surface area contributed by atoms with Crippen LogP contribution in [0.4, 0.5) is 10.2 Å². The van der Waals surface area contributed by atoms with Gasteiger partial charge in [0.25, 0.3) is 5.91 Å². The number of nitrogens with one attached hydrogen (secondary N) is 1. The maximum atomic E-state index is 13.0. The van der Waals surface area contributed by atoms with E-state index in [-0.39, 0.29) is 15.9 Å². The first-order valence-corrected chi connectivity index (χ1v) is 6.99. The Kier molecular flexibility index (Phi) is 3.72. The number of aromatic nitrogens is 1. The molecule has 0 aliphatic carbocycles. The first-order chi connectivity index (χ1) is 10.5. The highest BCUT2D eigenvalue weighted by molar-refractivity contribution is 9.10. The van der Waals surface area contributed by atoms with E-state index >= 15 is 0 Å². The van der Waals surface area contributed by atoms with Crippen LogP contribution in [-0.2, 0) is 0 Å². The quantitative estimate of drug-likeness (QED) is 0.709. The SMILES string of the molecule is O=C(Nc1ncc(F)cc1Br)c1cc2ccccc2oc1=O. The van der Waals surface area contributed by atoms with Crippen LogP contribution in [0.25, 0.3) is 11.0 Å². The molecule has 1 N–H and O–H groups in total. The van der Waals surface area contributed by atoms with Crippen molar-refractivity contribution in [3.8, 4) is 0 Å². The van der Waals surface area contributed by atoms with Crippen LogP contribution in [0.5, 0.6) is 0 Å². The fraction of sp³-hybridized carbons (Fsp3) is 0. The lowest BCUT2D eigenvalue weighted by molar-refractivity contribution is 0.102. The van der Waals surface area contributed by atoms with Gasteiger partial charge in [-0.3, -0.25) is 4.79 Å². The molecule has 0 spiro atoms. The number of benzene rings is 1. The van der Waals surface area contributed by atoms with E-state index in [1.165, 1.54) is 6.07 Å². The lowest BCUT2D eigenvalue weighted by Gasteiger charge is -2.06. The van der Waals surface area contributed by atoms with Gasteiger partial charge in [0.1, 0.15) is 22.8 Å². The predicted molar refractivity (Wildman–Crippen MR) is 82.3 cm³/mol. The lowest BCUT2D eigenvalue weighted by atomic mass is 10.2. The highest BCUT2D eigenvalue weighted by atomic mass is 79.9. The van der Waals surface area contributed by atoms with E-state index in [9.17, 15) is 14.0 Å². The molecule has 2 heterocycles. The number of pyridine rings is 1. The average molecular weight is 363 g/mol. The van der Waals surface area contributed by atoms with E-state index in [4.69, 9.17) is 4.42 Å². The summed E-state index contributed by atoms with van der Waals surface area (Å²) < 4.78 is 18.3. The van der Waals surface area contributed by atoms with Gasteiger partial charge in [-0.15, -0.1) is 0 Å². The molecule has 5 nitrogen and oxygen atoms in total. The highest BCUT2D eigenvalue weighted by Gasteiger charge is 2.15. The van der Waals surface area contributed by atoms with E-state index in [1.54, 1.807) is 24.3 Å². The Bertz CT molecular complexity index is 939. The van der Waals surface area contributed by atoms with Gasteiger partial charge >= 0.3 is 5.63 Å². The first-order valence-electron chi connectivity index (χ1n) is 6.20. The summed E-state index contributed by atoms with van der Waals surface area (Å²) in [5.41, 5.74) is -0.517. The zero-order valence-corrected chi connectivity index (χ0v) is 12.6. The fourth-order valence-corrected chi connectivity index (χ4v) is 2.32. The van der Waals surface area contributed by atoms with Gasteiger partial charge < -0.3 is 9.73 Å². The number of amides is 1. The number of nitrogens with zero attached hydrogens (tertiary/aromatic N) is 1. The number of halogens is 2. The predicted octanol–water partition coefficient (Wildman–Crippen LogP) is 3.34. The van der Waals surface area contributed by atoms with E-state index in [2.05, 4.69) is 26.2 Å². The van der Waals surface area contributed by atoms with Gasteiger partial charge in [-0.05, 0) is 34.1 Å². The zero-order valence-electron chi connectivity index (χ0n) is 11.0. The van der Waals surface area contributed by atoms with Crippen LogP contribution in [0.3, 0.4) is 0 Å².